The summed E-state index contributed by atoms with van der Waals surface area (Å²) < 4.78 is 35.5. The van der Waals surface area contributed by atoms with E-state index in [1.165, 1.54) is 6.92 Å². The third-order valence-electron chi connectivity index (χ3n) is 0.982. The molecule has 0 aliphatic heterocycles. The van der Waals surface area contributed by atoms with Gasteiger partial charge in [-0.25, -0.2) is 0 Å². The molecule has 0 unspecified atom stereocenters. The summed E-state index contributed by atoms with van der Waals surface area (Å²) in [7, 11) is 0. The first-order valence-corrected chi connectivity index (χ1v) is 2.83. The Kier molecular flexibility index (Phi) is 3.18. The molecule has 0 aliphatic carbocycles. The standard InChI is InChI=1S/C5H8F3NO/c1-2-3-5(6,7)4(10)9-8/h2-3H2,1H3,(H,9,10). The Bertz CT molecular complexity index is 126. The van der Waals surface area contributed by atoms with Gasteiger partial charge in [-0.05, 0) is 6.42 Å². The van der Waals surface area contributed by atoms with Gasteiger partial charge in [-0.3, -0.25) is 4.79 Å². The molecule has 1 N–H and O–H groups in total. The van der Waals surface area contributed by atoms with Gasteiger partial charge < -0.3 is 0 Å². The quantitative estimate of drug-likeness (QED) is 0.613. The van der Waals surface area contributed by atoms with Crippen LogP contribution in [0.4, 0.5) is 13.3 Å². The van der Waals surface area contributed by atoms with E-state index < -0.39 is 18.3 Å². The lowest BCUT2D eigenvalue weighted by Gasteiger charge is -2.10. The Morgan fingerprint density at radius 3 is 2.40 bits per heavy atom. The van der Waals surface area contributed by atoms with E-state index in [9.17, 15) is 18.1 Å². The second-order valence-electron chi connectivity index (χ2n) is 1.88. The van der Waals surface area contributed by atoms with Crippen molar-refractivity contribution >= 4 is 5.91 Å². The number of hydrogen-bond donors (Lipinski definition) is 1. The molecule has 1 amide bonds. The van der Waals surface area contributed by atoms with Crippen LogP contribution in [0.1, 0.15) is 19.8 Å². The number of carbonyl (C=O) groups is 1. The van der Waals surface area contributed by atoms with E-state index in [1.807, 2.05) is 0 Å². The third kappa shape index (κ3) is 2.24. The van der Waals surface area contributed by atoms with Crippen LogP contribution >= 0.6 is 0 Å². The topological polar surface area (TPSA) is 29.1 Å². The smallest absolute Gasteiger partial charge is 0.265 e. The highest BCUT2D eigenvalue weighted by Crippen LogP contribution is 2.19. The summed E-state index contributed by atoms with van der Waals surface area (Å²) in [6.45, 7) is 1.49. The van der Waals surface area contributed by atoms with Crippen molar-refractivity contribution < 1.29 is 18.1 Å². The van der Waals surface area contributed by atoms with Gasteiger partial charge in [-0.2, -0.15) is 14.3 Å². The van der Waals surface area contributed by atoms with Gasteiger partial charge in [0.1, 0.15) is 0 Å². The van der Waals surface area contributed by atoms with E-state index in [4.69, 9.17) is 0 Å². The van der Waals surface area contributed by atoms with Crippen molar-refractivity contribution in [1.82, 2.24) is 5.54 Å². The molecule has 0 heterocycles. The van der Waals surface area contributed by atoms with Crippen LogP contribution in [0.3, 0.4) is 0 Å². The van der Waals surface area contributed by atoms with Crippen molar-refractivity contribution in [3.05, 3.63) is 0 Å². The first kappa shape index (κ1) is 9.26. The second kappa shape index (κ2) is 3.43. The lowest BCUT2D eigenvalue weighted by Crippen LogP contribution is -2.35. The zero-order chi connectivity index (χ0) is 8.20. The molecular weight excluding hydrogens is 147 g/mol. The van der Waals surface area contributed by atoms with Gasteiger partial charge in [-0.1, -0.05) is 6.92 Å². The molecule has 10 heavy (non-hydrogen) atoms. The maximum Gasteiger partial charge on any atom is 0.327 e. The molecule has 0 spiro atoms. The number of amides is 1. The Morgan fingerprint density at radius 2 is 2.10 bits per heavy atom. The molecule has 5 heteroatoms. The number of rotatable bonds is 3. The molecule has 60 valence electrons. The summed E-state index contributed by atoms with van der Waals surface area (Å²) in [5.74, 6) is -5.43. The zero-order valence-corrected chi connectivity index (χ0v) is 5.46. The van der Waals surface area contributed by atoms with Crippen LogP contribution in [0.5, 0.6) is 0 Å². The van der Waals surface area contributed by atoms with Gasteiger partial charge in [-0.15, -0.1) is 4.48 Å². The lowest BCUT2D eigenvalue weighted by molar-refractivity contribution is -0.151. The molecule has 0 radical (unpaired) electrons. The highest BCUT2D eigenvalue weighted by atomic mass is 19.3. The van der Waals surface area contributed by atoms with Crippen molar-refractivity contribution in [3.8, 4) is 0 Å². The van der Waals surface area contributed by atoms with Crippen LogP contribution in [0.15, 0.2) is 0 Å². The molecule has 0 aliphatic rings. The molecule has 0 atom stereocenters. The van der Waals surface area contributed by atoms with Gasteiger partial charge in [0, 0.05) is 6.42 Å². The highest BCUT2D eigenvalue weighted by molar-refractivity contribution is 5.82. The van der Waals surface area contributed by atoms with Gasteiger partial charge in [0.05, 0.1) is 0 Å². The van der Waals surface area contributed by atoms with Crippen molar-refractivity contribution in [1.29, 1.82) is 0 Å². The van der Waals surface area contributed by atoms with Crippen molar-refractivity contribution in [3.63, 3.8) is 0 Å². The SMILES string of the molecule is CCCC(F)(F)C(=O)NF. The van der Waals surface area contributed by atoms with Gasteiger partial charge in [0.15, 0.2) is 0 Å². The van der Waals surface area contributed by atoms with E-state index in [0.717, 1.165) is 0 Å². The van der Waals surface area contributed by atoms with Crippen LogP contribution in [0, 0.1) is 0 Å². The van der Waals surface area contributed by atoms with Crippen LogP contribution in [0.25, 0.3) is 0 Å². The van der Waals surface area contributed by atoms with Gasteiger partial charge in [0.25, 0.3) is 0 Å². The van der Waals surface area contributed by atoms with Gasteiger partial charge in [0.2, 0.25) is 0 Å². The number of alkyl halides is 2. The summed E-state index contributed by atoms with van der Waals surface area (Å²) in [5.41, 5.74) is 0.401. The molecule has 0 fully saturated rings. The second-order valence-corrected chi connectivity index (χ2v) is 1.88. The molecule has 0 saturated carbocycles. The minimum Gasteiger partial charge on any atom is -0.265 e. The maximum absolute atomic E-state index is 12.2. The molecular formula is C5H8F3NO. The van der Waals surface area contributed by atoms with Crippen LogP contribution in [-0.2, 0) is 4.79 Å². The largest absolute Gasteiger partial charge is 0.327 e. The zero-order valence-electron chi connectivity index (χ0n) is 5.46. The molecule has 0 saturated heterocycles. The molecule has 0 aromatic rings. The average molecular weight is 155 g/mol. The number of nitrogens with one attached hydrogen (secondary N) is 1. The van der Waals surface area contributed by atoms with Crippen molar-refractivity contribution in [2.75, 3.05) is 0 Å². The van der Waals surface area contributed by atoms with Crippen molar-refractivity contribution in [2.45, 2.75) is 25.7 Å². The molecule has 0 bridgehead atoms. The summed E-state index contributed by atoms with van der Waals surface area (Å²) in [4.78, 5) is 9.99. The Labute approximate surface area is 56.3 Å². The number of carbonyl (C=O) groups excluding carboxylic acids is 1. The van der Waals surface area contributed by atoms with E-state index in [2.05, 4.69) is 0 Å². The van der Waals surface area contributed by atoms with Crippen LogP contribution in [-0.4, -0.2) is 11.8 Å². The van der Waals surface area contributed by atoms with Gasteiger partial charge >= 0.3 is 11.8 Å². The predicted octanol–water partition coefficient (Wildman–Crippen LogP) is 1.42. The number of hydrogen-bond acceptors (Lipinski definition) is 1. The fourth-order valence-corrected chi connectivity index (χ4v) is 0.497. The fraction of sp³-hybridized carbons (Fsp3) is 0.800. The highest BCUT2D eigenvalue weighted by Gasteiger charge is 2.37. The number of halogens is 3. The minimum absolute atomic E-state index is 0.139. The van der Waals surface area contributed by atoms with E-state index >= 15 is 0 Å². The maximum atomic E-state index is 12.2. The Morgan fingerprint density at radius 1 is 1.60 bits per heavy atom. The van der Waals surface area contributed by atoms with E-state index in [1.54, 1.807) is 0 Å². The Hall–Kier alpha value is -0.740. The molecule has 2 nitrogen and oxygen atoms in total. The monoisotopic (exact) mass is 155 g/mol. The normalized spacial score (nSPS) is 11.2. The minimum atomic E-state index is -3.57. The fourth-order valence-electron chi connectivity index (χ4n) is 0.497. The predicted molar refractivity (Wildman–Crippen MR) is 29.1 cm³/mol. The lowest BCUT2D eigenvalue weighted by atomic mass is 10.2. The molecule has 0 aromatic heterocycles. The van der Waals surface area contributed by atoms with Crippen LogP contribution in [0.2, 0.25) is 0 Å². The summed E-state index contributed by atoms with van der Waals surface area (Å²) >= 11 is 0. The summed E-state index contributed by atoms with van der Waals surface area (Å²) in [6, 6.07) is 0. The van der Waals surface area contributed by atoms with E-state index in [0.29, 0.717) is 5.54 Å². The molecule has 0 aromatic carbocycles. The molecule has 0 rings (SSSR count). The summed E-state index contributed by atoms with van der Waals surface area (Å²) in [5, 5.41) is 0. The first-order valence-electron chi connectivity index (χ1n) is 2.83. The summed E-state index contributed by atoms with van der Waals surface area (Å²) in [6.07, 6.45) is -0.483. The van der Waals surface area contributed by atoms with E-state index in [-0.39, 0.29) is 6.42 Å². The average Bonchev–Trinajstić information content (AvgIpc) is 1.86. The third-order valence-corrected chi connectivity index (χ3v) is 0.982. The van der Waals surface area contributed by atoms with Crippen LogP contribution < -0.4 is 5.54 Å². The van der Waals surface area contributed by atoms with Crippen molar-refractivity contribution in [2.24, 2.45) is 0 Å². The Balaban J connectivity index is 3.96. The first-order chi connectivity index (χ1) is 4.54.